The van der Waals surface area contributed by atoms with Gasteiger partial charge in [0.15, 0.2) is 0 Å². The van der Waals surface area contributed by atoms with E-state index in [0.29, 0.717) is 0 Å². The van der Waals surface area contributed by atoms with Gasteiger partial charge in [-0.2, -0.15) is 5.10 Å². The summed E-state index contributed by atoms with van der Waals surface area (Å²) in [5.74, 6) is 0.856. The Bertz CT molecular complexity index is 1100. The molecule has 0 unspecified atom stereocenters. The molecule has 0 saturated carbocycles. The Morgan fingerprint density at radius 1 is 0.929 bits per heavy atom. The number of hydrogen-bond donors (Lipinski definition) is 1. The monoisotopic (exact) mass is 367 g/mol. The van der Waals surface area contributed by atoms with E-state index < -0.39 is 0 Å². The Labute approximate surface area is 164 Å². The molecule has 4 heteroatoms. The number of rotatable bonds is 4. The number of methoxy groups -OCH3 is 1. The number of aromatic amines is 1. The van der Waals surface area contributed by atoms with E-state index in [0.717, 1.165) is 34.6 Å². The summed E-state index contributed by atoms with van der Waals surface area (Å²) in [6, 6.07) is 29.2. The molecule has 28 heavy (non-hydrogen) atoms. The van der Waals surface area contributed by atoms with Gasteiger partial charge in [-0.05, 0) is 59.5 Å². The number of hydrogen-bond acceptors (Lipinski definition) is 3. The minimum absolute atomic E-state index is 0.131. The zero-order valence-electron chi connectivity index (χ0n) is 15.7. The Morgan fingerprint density at radius 3 is 2.43 bits per heavy atom. The Hall–Kier alpha value is -3.53. The fraction of sp³-hybridized carbons (Fsp3) is 0.125. The van der Waals surface area contributed by atoms with Crippen molar-refractivity contribution in [2.45, 2.75) is 12.5 Å². The number of benzene rings is 3. The van der Waals surface area contributed by atoms with E-state index in [4.69, 9.17) is 9.84 Å². The fourth-order valence-electron chi connectivity index (χ4n) is 3.80. The van der Waals surface area contributed by atoms with Gasteiger partial charge >= 0.3 is 0 Å². The molecule has 4 nitrogen and oxygen atoms in total. The normalized spacial score (nSPS) is 16.4. The standard InChI is InChI=1S/C24H21N3O/c1-28-20-13-11-17(12-14-20)22-16-24(27(26-22)19-8-3-2-4-9-19)23-15-18-7-5-6-10-21(18)25-23/h2-15,24-25H,16H2,1H3/t24-/m1/s1. The molecule has 1 aromatic heterocycles. The van der Waals surface area contributed by atoms with Crippen molar-refractivity contribution in [3.8, 4) is 5.75 Å². The van der Waals surface area contributed by atoms with Crippen LogP contribution in [-0.4, -0.2) is 17.8 Å². The fourth-order valence-corrected chi connectivity index (χ4v) is 3.80. The number of H-pyrrole nitrogens is 1. The molecule has 0 radical (unpaired) electrons. The number of nitrogens with one attached hydrogen (secondary N) is 1. The molecule has 138 valence electrons. The van der Waals surface area contributed by atoms with Gasteiger partial charge in [-0.15, -0.1) is 0 Å². The molecule has 0 spiro atoms. The SMILES string of the molecule is COc1ccc(C2=NN(c3ccccc3)[C@@H](c3cc4ccccc4[nH]3)C2)cc1. The van der Waals surface area contributed by atoms with Gasteiger partial charge in [0.2, 0.25) is 0 Å². The molecular formula is C24H21N3O. The van der Waals surface area contributed by atoms with Crippen molar-refractivity contribution in [2.24, 2.45) is 5.10 Å². The lowest BCUT2D eigenvalue weighted by Gasteiger charge is -2.22. The van der Waals surface area contributed by atoms with Crippen LogP contribution >= 0.6 is 0 Å². The van der Waals surface area contributed by atoms with Crippen molar-refractivity contribution in [2.75, 3.05) is 12.1 Å². The third-order valence-corrected chi connectivity index (χ3v) is 5.26. The van der Waals surface area contributed by atoms with Crippen molar-refractivity contribution >= 4 is 22.3 Å². The Morgan fingerprint density at radius 2 is 1.68 bits per heavy atom. The van der Waals surface area contributed by atoms with Gasteiger partial charge in [-0.25, -0.2) is 0 Å². The quantitative estimate of drug-likeness (QED) is 0.515. The first-order chi connectivity index (χ1) is 13.8. The van der Waals surface area contributed by atoms with Gasteiger partial charge in [0.05, 0.1) is 24.6 Å². The number of aromatic nitrogens is 1. The summed E-state index contributed by atoms with van der Waals surface area (Å²) in [5, 5.41) is 8.36. The van der Waals surface area contributed by atoms with Crippen LogP contribution in [0.25, 0.3) is 10.9 Å². The first-order valence-electron chi connectivity index (χ1n) is 9.46. The van der Waals surface area contributed by atoms with E-state index in [9.17, 15) is 0 Å². The zero-order chi connectivity index (χ0) is 18.9. The van der Waals surface area contributed by atoms with Crippen molar-refractivity contribution in [3.05, 3.63) is 96.2 Å². The molecule has 0 fully saturated rings. The van der Waals surface area contributed by atoms with E-state index >= 15 is 0 Å². The highest BCUT2D eigenvalue weighted by Crippen LogP contribution is 2.37. The van der Waals surface area contributed by atoms with Crippen LogP contribution in [0.15, 0.2) is 90.0 Å². The van der Waals surface area contributed by atoms with Crippen molar-refractivity contribution in [3.63, 3.8) is 0 Å². The van der Waals surface area contributed by atoms with E-state index in [1.807, 2.05) is 18.2 Å². The van der Waals surface area contributed by atoms with Gasteiger partial charge in [-0.1, -0.05) is 36.4 Å². The van der Waals surface area contributed by atoms with Gasteiger partial charge in [0.1, 0.15) is 5.75 Å². The minimum Gasteiger partial charge on any atom is -0.497 e. The third kappa shape index (κ3) is 2.93. The van der Waals surface area contributed by atoms with E-state index in [1.165, 1.54) is 11.1 Å². The lowest BCUT2D eigenvalue weighted by Crippen LogP contribution is -2.18. The van der Waals surface area contributed by atoms with Crippen LogP contribution in [0.1, 0.15) is 23.7 Å². The van der Waals surface area contributed by atoms with Crippen LogP contribution in [0.2, 0.25) is 0 Å². The maximum atomic E-state index is 5.29. The predicted octanol–water partition coefficient (Wildman–Crippen LogP) is 5.53. The summed E-state index contributed by atoms with van der Waals surface area (Å²) >= 11 is 0. The average Bonchev–Trinajstić information content (AvgIpc) is 3.39. The molecule has 2 heterocycles. The largest absolute Gasteiger partial charge is 0.497 e. The molecular weight excluding hydrogens is 346 g/mol. The molecule has 0 amide bonds. The van der Waals surface area contributed by atoms with E-state index in [1.54, 1.807) is 7.11 Å². The topological polar surface area (TPSA) is 40.6 Å². The average molecular weight is 367 g/mol. The van der Waals surface area contributed by atoms with Crippen molar-refractivity contribution < 1.29 is 4.74 Å². The van der Waals surface area contributed by atoms with Crippen LogP contribution in [0.3, 0.4) is 0 Å². The van der Waals surface area contributed by atoms with E-state index in [-0.39, 0.29) is 6.04 Å². The molecule has 3 aromatic carbocycles. The number of ether oxygens (including phenoxy) is 1. The lowest BCUT2D eigenvalue weighted by molar-refractivity contribution is 0.415. The maximum absolute atomic E-state index is 5.29. The summed E-state index contributed by atoms with van der Waals surface area (Å²) in [6.45, 7) is 0. The molecule has 1 aliphatic rings. The van der Waals surface area contributed by atoms with Crippen molar-refractivity contribution in [1.82, 2.24) is 4.98 Å². The molecule has 1 N–H and O–H groups in total. The van der Waals surface area contributed by atoms with Crippen molar-refractivity contribution in [1.29, 1.82) is 0 Å². The molecule has 1 atom stereocenters. The van der Waals surface area contributed by atoms with Crippen LogP contribution in [0.4, 0.5) is 5.69 Å². The smallest absolute Gasteiger partial charge is 0.118 e. The van der Waals surface area contributed by atoms with Gasteiger partial charge < -0.3 is 9.72 Å². The molecule has 0 saturated heterocycles. The zero-order valence-corrected chi connectivity index (χ0v) is 15.7. The second-order valence-electron chi connectivity index (χ2n) is 6.99. The number of fused-ring (bicyclic) bond motifs is 1. The highest BCUT2D eigenvalue weighted by atomic mass is 16.5. The van der Waals surface area contributed by atoms with Crippen LogP contribution in [0.5, 0.6) is 5.75 Å². The molecule has 1 aliphatic heterocycles. The Kier molecular flexibility index (Phi) is 4.09. The van der Waals surface area contributed by atoms with Crippen LogP contribution in [-0.2, 0) is 0 Å². The summed E-state index contributed by atoms with van der Waals surface area (Å²) in [6.07, 6.45) is 0.841. The van der Waals surface area contributed by atoms with Gasteiger partial charge in [-0.3, -0.25) is 5.01 Å². The van der Waals surface area contributed by atoms with Crippen LogP contribution < -0.4 is 9.75 Å². The highest BCUT2D eigenvalue weighted by molar-refractivity contribution is 6.03. The first-order valence-corrected chi connectivity index (χ1v) is 9.46. The molecule has 5 rings (SSSR count). The number of para-hydroxylation sites is 2. The Balaban J connectivity index is 1.55. The second kappa shape index (κ2) is 6.89. The van der Waals surface area contributed by atoms with E-state index in [2.05, 4.69) is 76.7 Å². The number of nitrogens with zero attached hydrogens (tertiary/aromatic N) is 2. The minimum atomic E-state index is 0.131. The highest BCUT2D eigenvalue weighted by Gasteiger charge is 2.31. The summed E-state index contributed by atoms with van der Waals surface area (Å²) < 4.78 is 5.29. The van der Waals surface area contributed by atoms with Crippen LogP contribution in [0, 0.1) is 0 Å². The number of hydrazone groups is 1. The lowest BCUT2D eigenvalue weighted by atomic mass is 10.0. The maximum Gasteiger partial charge on any atom is 0.118 e. The predicted molar refractivity (Wildman–Crippen MR) is 114 cm³/mol. The molecule has 0 bridgehead atoms. The van der Waals surface area contributed by atoms with Gasteiger partial charge in [0.25, 0.3) is 0 Å². The summed E-state index contributed by atoms with van der Waals surface area (Å²) in [7, 11) is 1.69. The summed E-state index contributed by atoms with van der Waals surface area (Å²) in [5.41, 5.74) is 5.63. The van der Waals surface area contributed by atoms with Gasteiger partial charge in [0, 0.05) is 17.6 Å². The third-order valence-electron chi connectivity index (χ3n) is 5.26. The number of anilines is 1. The molecule has 0 aliphatic carbocycles. The summed E-state index contributed by atoms with van der Waals surface area (Å²) in [4.78, 5) is 3.59. The second-order valence-corrected chi connectivity index (χ2v) is 6.99. The first kappa shape index (κ1) is 16.6. The molecule has 4 aromatic rings.